The molecule has 3 nitrogen and oxygen atoms in total. The minimum Gasteiger partial charge on any atom is -0.462 e. The molecule has 16 heavy (non-hydrogen) atoms. The van der Waals surface area contributed by atoms with Crippen LogP contribution < -0.4 is 4.74 Å². The Morgan fingerprint density at radius 1 is 1.38 bits per heavy atom. The van der Waals surface area contributed by atoms with Crippen molar-refractivity contribution in [3.8, 4) is 5.75 Å². The SMILES string of the molecule is CCOC(=O)c1cc(F)cc(OC(F)F)c1. The summed E-state index contributed by atoms with van der Waals surface area (Å²) in [5.41, 5.74) is -0.169. The molecule has 0 saturated carbocycles. The van der Waals surface area contributed by atoms with E-state index in [9.17, 15) is 18.0 Å². The number of rotatable bonds is 4. The summed E-state index contributed by atoms with van der Waals surface area (Å²) in [5.74, 6) is -2.06. The topological polar surface area (TPSA) is 35.5 Å². The molecule has 0 aliphatic heterocycles. The Morgan fingerprint density at radius 2 is 2.06 bits per heavy atom. The second kappa shape index (κ2) is 5.39. The molecule has 0 saturated heterocycles. The largest absolute Gasteiger partial charge is 0.462 e. The summed E-state index contributed by atoms with van der Waals surface area (Å²) in [6.45, 7) is -1.38. The van der Waals surface area contributed by atoms with Crippen molar-refractivity contribution in [2.75, 3.05) is 6.61 Å². The van der Waals surface area contributed by atoms with E-state index in [2.05, 4.69) is 9.47 Å². The monoisotopic (exact) mass is 234 g/mol. The van der Waals surface area contributed by atoms with E-state index >= 15 is 0 Å². The van der Waals surface area contributed by atoms with Gasteiger partial charge in [0.05, 0.1) is 12.2 Å². The van der Waals surface area contributed by atoms with Gasteiger partial charge in [-0.05, 0) is 19.1 Å². The molecular formula is C10H9F3O3. The van der Waals surface area contributed by atoms with Crippen molar-refractivity contribution in [3.05, 3.63) is 29.6 Å². The molecule has 6 heteroatoms. The van der Waals surface area contributed by atoms with Gasteiger partial charge in [0, 0.05) is 6.07 Å². The van der Waals surface area contributed by atoms with E-state index in [4.69, 9.17) is 0 Å². The molecule has 1 rings (SSSR count). The van der Waals surface area contributed by atoms with Crippen LogP contribution in [-0.4, -0.2) is 19.2 Å². The summed E-state index contributed by atoms with van der Waals surface area (Å²) >= 11 is 0. The number of esters is 1. The Morgan fingerprint density at radius 3 is 2.62 bits per heavy atom. The molecule has 0 aliphatic carbocycles. The molecule has 1 aromatic carbocycles. The van der Waals surface area contributed by atoms with E-state index in [1.165, 1.54) is 0 Å². The lowest BCUT2D eigenvalue weighted by molar-refractivity contribution is -0.0500. The maximum atomic E-state index is 12.9. The van der Waals surface area contributed by atoms with Gasteiger partial charge < -0.3 is 9.47 Å². The second-order valence-electron chi connectivity index (χ2n) is 2.77. The van der Waals surface area contributed by atoms with Gasteiger partial charge in [0.1, 0.15) is 11.6 Å². The molecule has 0 fully saturated rings. The summed E-state index contributed by atoms with van der Waals surface area (Å²) in [7, 11) is 0. The number of carbonyl (C=O) groups excluding carboxylic acids is 1. The Labute approximate surface area is 89.8 Å². The predicted molar refractivity (Wildman–Crippen MR) is 49.0 cm³/mol. The number of carbonyl (C=O) groups is 1. The van der Waals surface area contributed by atoms with Crippen LogP contribution in [0.5, 0.6) is 5.75 Å². The highest BCUT2D eigenvalue weighted by Gasteiger charge is 2.12. The van der Waals surface area contributed by atoms with Crippen molar-refractivity contribution in [2.24, 2.45) is 0 Å². The summed E-state index contributed by atoms with van der Waals surface area (Å²) in [4.78, 5) is 11.2. The molecule has 0 bridgehead atoms. The van der Waals surface area contributed by atoms with Gasteiger partial charge in [-0.15, -0.1) is 0 Å². The molecule has 0 atom stereocenters. The van der Waals surface area contributed by atoms with Crippen molar-refractivity contribution in [2.45, 2.75) is 13.5 Å². The number of alkyl halides is 2. The number of ether oxygens (including phenoxy) is 2. The number of benzene rings is 1. The molecule has 0 amide bonds. The van der Waals surface area contributed by atoms with Crippen LogP contribution in [0, 0.1) is 5.82 Å². The first-order valence-electron chi connectivity index (χ1n) is 4.45. The smallest absolute Gasteiger partial charge is 0.387 e. The van der Waals surface area contributed by atoms with Gasteiger partial charge in [-0.1, -0.05) is 0 Å². The zero-order valence-corrected chi connectivity index (χ0v) is 8.38. The van der Waals surface area contributed by atoms with Crippen molar-refractivity contribution in [1.29, 1.82) is 0 Å². The highest BCUT2D eigenvalue weighted by molar-refractivity contribution is 5.89. The van der Waals surface area contributed by atoms with Gasteiger partial charge >= 0.3 is 12.6 Å². The Kier molecular flexibility index (Phi) is 4.16. The summed E-state index contributed by atoms with van der Waals surface area (Å²) in [6, 6.07) is 2.64. The molecule has 0 heterocycles. The third kappa shape index (κ3) is 3.45. The second-order valence-corrected chi connectivity index (χ2v) is 2.77. The Balaban J connectivity index is 2.93. The van der Waals surface area contributed by atoms with Crippen LogP contribution in [0.1, 0.15) is 17.3 Å². The molecule has 0 unspecified atom stereocenters. The highest BCUT2D eigenvalue weighted by Crippen LogP contribution is 2.19. The molecule has 0 aliphatic rings. The zero-order valence-electron chi connectivity index (χ0n) is 8.38. The van der Waals surface area contributed by atoms with Gasteiger partial charge in [-0.3, -0.25) is 0 Å². The van der Waals surface area contributed by atoms with Gasteiger partial charge in [-0.25, -0.2) is 9.18 Å². The summed E-state index contributed by atoms with van der Waals surface area (Å²) in [5, 5.41) is 0. The normalized spacial score (nSPS) is 10.3. The van der Waals surface area contributed by atoms with Crippen LogP contribution in [0.2, 0.25) is 0 Å². The van der Waals surface area contributed by atoms with Crippen molar-refractivity contribution in [1.82, 2.24) is 0 Å². The molecule has 0 radical (unpaired) electrons. The maximum Gasteiger partial charge on any atom is 0.387 e. The first kappa shape index (κ1) is 12.4. The minimum absolute atomic E-state index is 0.111. The van der Waals surface area contributed by atoms with Gasteiger partial charge in [0.2, 0.25) is 0 Å². The molecule has 88 valence electrons. The first-order valence-corrected chi connectivity index (χ1v) is 4.45. The van der Waals surface area contributed by atoms with E-state index < -0.39 is 24.1 Å². The van der Waals surface area contributed by atoms with Crippen LogP contribution in [0.15, 0.2) is 18.2 Å². The van der Waals surface area contributed by atoms with E-state index in [1.807, 2.05) is 0 Å². The van der Waals surface area contributed by atoms with Gasteiger partial charge in [0.25, 0.3) is 0 Å². The fraction of sp³-hybridized carbons (Fsp3) is 0.300. The van der Waals surface area contributed by atoms with E-state index in [0.29, 0.717) is 0 Å². The number of hydrogen-bond donors (Lipinski definition) is 0. The summed E-state index contributed by atoms with van der Waals surface area (Å²) in [6.07, 6.45) is 0. The number of halogens is 3. The lowest BCUT2D eigenvalue weighted by atomic mass is 10.2. The minimum atomic E-state index is -3.07. The molecule has 0 N–H and O–H groups in total. The van der Waals surface area contributed by atoms with Crippen molar-refractivity contribution in [3.63, 3.8) is 0 Å². The molecule has 0 aromatic heterocycles. The maximum absolute atomic E-state index is 12.9. The van der Waals surface area contributed by atoms with E-state index in [-0.39, 0.29) is 12.2 Å². The van der Waals surface area contributed by atoms with Crippen LogP contribution >= 0.6 is 0 Å². The third-order valence-electron chi connectivity index (χ3n) is 1.61. The molecule has 1 aromatic rings. The van der Waals surface area contributed by atoms with Gasteiger partial charge in [-0.2, -0.15) is 8.78 Å². The Hall–Kier alpha value is -1.72. The quantitative estimate of drug-likeness (QED) is 0.751. The highest BCUT2D eigenvalue weighted by atomic mass is 19.3. The van der Waals surface area contributed by atoms with Crippen LogP contribution in [0.4, 0.5) is 13.2 Å². The van der Waals surface area contributed by atoms with Crippen molar-refractivity contribution >= 4 is 5.97 Å². The fourth-order valence-electron chi connectivity index (χ4n) is 1.07. The molecular weight excluding hydrogens is 225 g/mol. The fourth-order valence-corrected chi connectivity index (χ4v) is 1.07. The first-order chi connectivity index (χ1) is 7.52. The van der Waals surface area contributed by atoms with Crippen LogP contribution in [-0.2, 0) is 4.74 Å². The van der Waals surface area contributed by atoms with Crippen LogP contribution in [0.3, 0.4) is 0 Å². The Bertz CT molecular complexity index is 380. The van der Waals surface area contributed by atoms with Crippen LogP contribution in [0.25, 0.3) is 0 Å². The standard InChI is InChI=1S/C10H9F3O3/c1-2-15-9(14)6-3-7(11)5-8(4-6)16-10(12)13/h3-5,10H,2H2,1H3. The van der Waals surface area contributed by atoms with Crippen molar-refractivity contribution < 1.29 is 27.4 Å². The average Bonchev–Trinajstić information content (AvgIpc) is 2.15. The lowest BCUT2D eigenvalue weighted by Crippen LogP contribution is -2.07. The third-order valence-corrected chi connectivity index (χ3v) is 1.61. The summed E-state index contributed by atoms with van der Waals surface area (Å²) < 4.78 is 45.3. The average molecular weight is 234 g/mol. The predicted octanol–water partition coefficient (Wildman–Crippen LogP) is 2.60. The van der Waals surface area contributed by atoms with Gasteiger partial charge in [0.15, 0.2) is 0 Å². The molecule has 0 spiro atoms. The van der Waals surface area contributed by atoms with E-state index in [0.717, 1.165) is 18.2 Å². The zero-order chi connectivity index (χ0) is 12.1. The van der Waals surface area contributed by atoms with E-state index in [1.54, 1.807) is 6.92 Å². The lowest BCUT2D eigenvalue weighted by Gasteiger charge is -2.07. The number of hydrogen-bond acceptors (Lipinski definition) is 3.